The molecule has 6 heterocycles. The van der Waals surface area contributed by atoms with Crippen molar-refractivity contribution < 1.29 is 0 Å². The molecule has 0 fully saturated rings. The number of aromatic nitrogens is 7. The SMILES string of the molecule is Cc1cc(C)c(-c2c3nc(nc4ccc([nH]4)c(-c4c(C)cc(C)cc4C)c4nc(nc5ccc2[nH]5)C=C4)C(c2ccccn2)=C3)c(C)c1. The first-order valence-corrected chi connectivity index (χ1v) is 16.2. The van der Waals surface area contributed by atoms with Gasteiger partial charge in [-0.2, -0.15) is 0 Å². The molecule has 4 aromatic heterocycles. The Morgan fingerprint density at radius 3 is 1.69 bits per heavy atom. The summed E-state index contributed by atoms with van der Waals surface area (Å²) >= 11 is 0. The number of aromatic amines is 2. The van der Waals surface area contributed by atoms with Crippen molar-refractivity contribution in [3.63, 3.8) is 0 Å². The number of hydrogen-bond donors (Lipinski definition) is 2. The fourth-order valence-corrected chi connectivity index (χ4v) is 7.26. The van der Waals surface area contributed by atoms with Gasteiger partial charge in [0.15, 0.2) is 11.6 Å². The number of pyridine rings is 1. The lowest BCUT2D eigenvalue weighted by atomic mass is 9.92. The van der Waals surface area contributed by atoms with Crippen molar-refractivity contribution in [1.29, 1.82) is 0 Å². The third kappa shape index (κ3) is 5.14. The molecule has 234 valence electrons. The maximum atomic E-state index is 5.24. The predicted molar refractivity (Wildman–Crippen MR) is 196 cm³/mol. The van der Waals surface area contributed by atoms with Gasteiger partial charge in [0.2, 0.25) is 0 Å². The summed E-state index contributed by atoms with van der Waals surface area (Å²) in [4.78, 5) is 32.3. The summed E-state index contributed by atoms with van der Waals surface area (Å²) in [5.41, 5.74) is 18.0. The minimum atomic E-state index is 0.596. The van der Waals surface area contributed by atoms with E-state index in [1.165, 1.54) is 33.4 Å². The molecule has 7 heteroatoms. The lowest BCUT2D eigenvalue weighted by Gasteiger charge is -2.13. The van der Waals surface area contributed by atoms with Crippen molar-refractivity contribution in [3.05, 3.63) is 135 Å². The van der Waals surface area contributed by atoms with E-state index < -0.39 is 0 Å². The highest BCUT2D eigenvalue weighted by Crippen LogP contribution is 2.38. The average Bonchev–Trinajstić information content (AvgIpc) is 3.86. The number of H-pyrrole nitrogens is 2. The van der Waals surface area contributed by atoms with Crippen LogP contribution in [0.1, 0.15) is 62.1 Å². The zero-order chi connectivity index (χ0) is 33.1. The van der Waals surface area contributed by atoms with E-state index >= 15 is 0 Å². The van der Waals surface area contributed by atoms with Crippen LogP contribution >= 0.6 is 0 Å². The Kier molecular flexibility index (Phi) is 6.99. The van der Waals surface area contributed by atoms with Crippen LogP contribution in [0.3, 0.4) is 0 Å². The molecule has 0 radical (unpaired) electrons. The molecule has 2 aliphatic heterocycles. The summed E-state index contributed by atoms with van der Waals surface area (Å²) in [6, 6.07) is 23.0. The van der Waals surface area contributed by atoms with Crippen LogP contribution in [0.15, 0.2) is 72.9 Å². The summed E-state index contributed by atoms with van der Waals surface area (Å²) in [6.07, 6.45) is 7.94. The monoisotopic (exact) mass is 625 g/mol. The maximum absolute atomic E-state index is 5.24. The normalized spacial score (nSPS) is 12.4. The molecule has 0 unspecified atom stereocenters. The number of nitrogens with one attached hydrogen (secondary N) is 2. The van der Waals surface area contributed by atoms with E-state index in [0.717, 1.165) is 61.6 Å². The van der Waals surface area contributed by atoms with Crippen LogP contribution in [0.4, 0.5) is 0 Å². The van der Waals surface area contributed by atoms with Crippen LogP contribution < -0.4 is 0 Å². The van der Waals surface area contributed by atoms with E-state index in [9.17, 15) is 0 Å². The third-order valence-electron chi connectivity index (χ3n) is 9.02. The van der Waals surface area contributed by atoms with Crippen molar-refractivity contribution >= 4 is 46.1 Å². The summed E-state index contributed by atoms with van der Waals surface area (Å²) in [7, 11) is 0. The molecule has 7 nitrogen and oxygen atoms in total. The molecular formula is C41H35N7. The first-order chi connectivity index (χ1) is 23.2. The molecule has 2 aliphatic rings. The molecule has 6 aromatic rings. The average molecular weight is 626 g/mol. The highest BCUT2D eigenvalue weighted by atomic mass is 15.0. The second-order valence-electron chi connectivity index (χ2n) is 12.8. The van der Waals surface area contributed by atoms with E-state index in [4.69, 9.17) is 24.9 Å². The van der Waals surface area contributed by atoms with E-state index in [0.29, 0.717) is 17.3 Å². The largest absolute Gasteiger partial charge is 0.340 e. The molecule has 0 aliphatic carbocycles. The fraction of sp³-hybridized carbons (Fsp3) is 0.146. The molecule has 8 rings (SSSR count). The van der Waals surface area contributed by atoms with E-state index in [2.05, 4.69) is 94.0 Å². The van der Waals surface area contributed by atoms with Crippen molar-refractivity contribution in [2.75, 3.05) is 0 Å². The zero-order valence-electron chi connectivity index (χ0n) is 27.9. The first kappa shape index (κ1) is 29.5. The number of fused-ring (bicyclic) bond motifs is 8. The molecule has 2 aromatic carbocycles. The molecule has 8 bridgehead atoms. The molecule has 0 spiro atoms. The first-order valence-electron chi connectivity index (χ1n) is 16.2. The Morgan fingerprint density at radius 1 is 0.521 bits per heavy atom. The molecule has 0 saturated carbocycles. The standard InChI is InChI=1S/C41H35N7/c1-22-17-24(3)37(25(4)18-22)39-30-10-13-34(43-30)47-35-14-11-32(44-35)40(38-26(5)19-23(2)20-27(38)6)33-21-28(29-9-7-8-16-42-29)41(46-33)48-36-15-12-31(39)45-36/h7-21H,1-6H3,(H,43,44,47)(H,45,46,48). The Hall–Kier alpha value is -5.95. The Bertz CT molecular complexity index is 2470. The smallest absolute Gasteiger partial charge is 0.164 e. The van der Waals surface area contributed by atoms with Gasteiger partial charge in [-0.15, -0.1) is 0 Å². The van der Waals surface area contributed by atoms with Crippen molar-refractivity contribution in [2.45, 2.75) is 41.5 Å². The number of rotatable bonds is 3. The van der Waals surface area contributed by atoms with Crippen molar-refractivity contribution in [1.82, 2.24) is 34.9 Å². The van der Waals surface area contributed by atoms with Gasteiger partial charge in [-0.1, -0.05) is 41.5 Å². The molecular weight excluding hydrogens is 591 g/mol. The summed E-state index contributed by atoms with van der Waals surface area (Å²) in [6.45, 7) is 12.9. The lowest BCUT2D eigenvalue weighted by Crippen LogP contribution is -1.95. The number of nitrogens with zero attached hydrogens (tertiary/aromatic N) is 5. The van der Waals surface area contributed by atoms with Gasteiger partial charge in [0.1, 0.15) is 11.3 Å². The highest BCUT2D eigenvalue weighted by Gasteiger charge is 2.22. The van der Waals surface area contributed by atoms with Gasteiger partial charge in [0.25, 0.3) is 0 Å². The summed E-state index contributed by atoms with van der Waals surface area (Å²) in [5.74, 6) is 1.23. The number of benzene rings is 2. The van der Waals surface area contributed by atoms with Crippen LogP contribution in [0, 0.1) is 41.5 Å². The van der Waals surface area contributed by atoms with Gasteiger partial charge >= 0.3 is 0 Å². The predicted octanol–water partition coefficient (Wildman–Crippen LogP) is 9.44. The molecule has 0 saturated heterocycles. The molecule has 2 N–H and O–H groups in total. The Labute approximate surface area is 279 Å². The van der Waals surface area contributed by atoms with Gasteiger partial charge in [0, 0.05) is 33.9 Å². The van der Waals surface area contributed by atoms with Crippen LogP contribution in [-0.2, 0) is 0 Å². The van der Waals surface area contributed by atoms with Crippen LogP contribution in [0.2, 0.25) is 0 Å². The fourth-order valence-electron chi connectivity index (χ4n) is 7.26. The van der Waals surface area contributed by atoms with E-state index in [1.54, 1.807) is 6.20 Å². The van der Waals surface area contributed by atoms with Crippen molar-refractivity contribution in [3.8, 4) is 22.3 Å². The second kappa shape index (κ2) is 11.4. The summed E-state index contributed by atoms with van der Waals surface area (Å²) < 4.78 is 0. The van der Waals surface area contributed by atoms with Crippen molar-refractivity contribution in [2.24, 2.45) is 0 Å². The second-order valence-corrected chi connectivity index (χ2v) is 12.8. The van der Waals surface area contributed by atoms with Crippen LogP contribution in [0.5, 0.6) is 0 Å². The lowest BCUT2D eigenvalue weighted by molar-refractivity contribution is 1.16. The quantitative estimate of drug-likeness (QED) is 0.204. The minimum absolute atomic E-state index is 0.596. The minimum Gasteiger partial charge on any atom is -0.340 e. The highest BCUT2D eigenvalue weighted by molar-refractivity contribution is 5.98. The Morgan fingerprint density at radius 2 is 1.10 bits per heavy atom. The zero-order valence-corrected chi connectivity index (χ0v) is 27.9. The molecule has 0 amide bonds. The Balaban J connectivity index is 1.52. The maximum Gasteiger partial charge on any atom is 0.164 e. The molecule has 0 atom stereocenters. The summed E-state index contributed by atoms with van der Waals surface area (Å²) in [5, 5.41) is 0. The van der Waals surface area contributed by atoms with Gasteiger partial charge in [-0.25, -0.2) is 19.9 Å². The number of aryl methyl sites for hydroxylation is 6. The van der Waals surface area contributed by atoms with E-state index in [1.807, 2.05) is 42.5 Å². The van der Waals surface area contributed by atoms with Crippen LogP contribution in [-0.4, -0.2) is 34.9 Å². The topological polar surface area (TPSA) is 96.0 Å². The van der Waals surface area contributed by atoms with Gasteiger partial charge in [0.05, 0.1) is 17.1 Å². The molecule has 48 heavy (non-hydrogen) atoms. The van der Waals surface area contributed by atoms with Gasteiger partial charge in [-0.3, -0.25) is 4.98 Å². The van der Waals surface area contributed by atoms with Gasteiger partial charge in [-0.05, 0) is 130 Å². The van der Waals surface area contributed by atoms with Crippen LogP contribution in [0.25, 0.3) is 68.4 Å². The third-order valence-corrected chi connectivity index (χ3v) is 9.02. The van der Waals surface area contributed by atoms with Gasteiger partial charge < -0.3 is 9.97 Å². The number of hydrogen-bond acceptors (Lipinski definition) is 5. The van der Waals surface area contributed by atoms with E-state index in [-0.39, 0.29) is 0 Å².